The molecule has 2 saturated heterocycles. The number of aromatic nitrogens is 2. The Balaban J connectivity index is 1.59. The molecule has 2 fully saturated rings. The van der Waals surface area contributed by atoms with Gasteiger partial charge in [0.2, 0.25) is 0 Å². The molecule has 226 valence electrons. The van der Waals surface area contributed by atoms with Gasteiger partial charge < -0.3 is 23.5 Å². The minimum absolute atomic E-state index is 0.0592. The van der Waals surface area contributed by atoms with Gasteiger partial charge in [-0.1, -0.05) is 25.1 Å². The molecule has 15 heteroatoms. The van der Waals surface area contributed by atoms with Crippen molar-refractivity contribution in [2.45, 2.75) is 89.7 Å². The Kier molecular flexibility index (Phi) is 9.52. The fourth-order valence-electron chi connectivity index (χ4n) is 4.47. The largest absolute Gasteiger partial charge is 0.459 e. The summed E-state index contributed by atoms with van der Waals surface area (Å²) in [5.74, 6) is -0.504. The van der Waals surface area contributed by atoms with Gasteiger partial charge in [0.15, 0.2) is 24.3 Å². The van der Waals surface area contributed by atoms with Crippen LogP contribution in [0.5, 0.6) is 5.75 Å². The fourth-order valence-corrected chi connectivity index (χ4v) is 6.01. The molecule has 3 heterocycles. The number of halogens is 1. The number of alkyl halides is 1. The number of carbonyl (C=O) groups excluding carboxylic acids is 1. The smallest absolute Gasteiger partial charge is 0.456 e. The van der Waals surface area contributed by atoms with Crippen LogP contribution in [0, 0.1) is 0 Å². The quantitative estimate of drug-likeness (QED) is 0.289. The second-order valence-electron chi connectivity index (χ2n) is 10.1. The normalized spacial score (nSPS) is 31.9. The van der Waals surface area contributed by atoms with Crippen molar-refractivity contribution in [3.63, 3.8) is 0 Å². The van der Waals surface area contributed by atoms with E-state index in [9.17, 15) is 18.9 Å². The van der Waals surface area contributed by atoms with Gasteiger partial charge in [0, 0.05) is 18.7 Å². The Morgan fingerprint density at radius 2 is 1.83 bits per heavy atom. The van der Waals surface area contributed by atoms with E-state index in [2.05, 4.69) is 5.09 Å². The van der Waals surface area contributed by atoms with Crippen molar-refractivity contribution < 1.29 is 41.7 Å². The van der Waals surface area contributed by atoms with Crippen LogP contribution in [0.4, 0.5) is 4.39 Å². The highest BCUT2D eigenvalue weighted by Gasteiger charge is 2.58. The molecule has 8 atom stereocenters. The molecule has 2 aromatic rings. The number of nitrogens with zero attached hydrogens (tertiary/aromatic N) is 1. The second kappa shape index (κ2) is 12.6. The third kappa shape index (κ3) is 7.14. The Bertz CT molecular complexity index is 1360. The maximum absolute atomic E-state index is 16.2. The Labute approximate surface area is 235 Å². The first-order valence-corrected chi connectivity index (χ1v) is 14.8. The highest BCUT2D eigenvalue weighted by atomic mass is 31.2. The summed E-state index contributed by atoms with van der Waals surface area (Å²) in [4.78, 5) is 38.3. The molecule has 0 bridgehead atoms. The molecule has 3 unspecified atom stereocenters. The topological polar surface area (TPSA) is 156 Å². The highest BCUT2D eigenvalue weighted by molar-refractivity contribution is 7.52. The summed E-state index contributed by atoms with van der Waals surface area (Å²) in [5, 5.41) is 2.80. The molecular formula is C26H35FN3O10P. The average molecular weight is 600 g/mol. The number of H-pyrrole nitrogens is 1. The highest BCUT2D eigenvalue weighted by Crippen LogP contribution is 2.48. The van der Waals surface area contributed by atoms with Crippen LogP contribution in [-0.4, -0.2) is 64.5 Å². The third-order valence-electron chi connectivity index (χ3n) is 6.84. The minimum atomic E-state index is -4.23. The molecule has 13 nitrogen and oxygen atoms in total. The first-order valence-electron chi connectivity index (χ1n) is 13.3. The van der Waals surface area contributed by atoms with Gasteiger partial charge in [-0.05, 0) is 39.8 Å². The van der Waals surface area contributed by atoms with Crippen molar-refractivity contribution in [3.05, 3.63) is 63.4 Å². The molecule has 0 spiro atoms. The Hall–Kier alpha value is -2.87. The summed E-state index contributed by atoms with van der Waals surface area (Å²) in [6.45, 7) is 7.43. The monoisotopic (exact) mass is 599 g/mol. The van der Waals surface area contributed by atoms with Crippen LogP contribution < -0.4 is 20.9 Å². The zero-order chi connectivity index (χ0) is 29.9. The lowest BCUT2D eigenvalue weighted by atomic mass is 9.98. The van der Waals surface area contributed by atoms with E-state index in [0.717, 1.165) is 23.8 Å². The lowest BCUT2D eigenvalue weighted by Gasteiger charge is -2.29. The molecule has 41 heavy (non-hydrogen) atoms. The van der Waals surface area contributed by atoms with Crippen molar-refractivity contribution in [2.75, 3.05) is 6.61 Å². The zero-order valence-corrected chi connectivity index (χ0v) is 24.2. The summed E-state index contributed by atoms with van der Waals surface area (Å²) in [5.41, 5.74) is -4.07. The molecule has 0 radical (unpaired) electrons. The zero-order valence-electron chi connectivity index (χ0n) is 23.4. The van der Waals surface area contributed by atoms with E-state index in [1.165, 1.54) is 6.92 Å². The van der Waals surface area contributed by atoms with E-state index in [-0.39, 0.29) is 24.4 Å². The average Bonchev–Trinajstić information content (AvgIpc) is 3.38. The number of hydrogen-bond acceptors (Lipinski definition) is 10. The van der Waals surface area contributed by atoms with E-state index < -0.39 is 68.0 Å². The lowest BCUT2D eigenvalue weighted by Crippen LogP contribution is -2.46. The van der Waals surface area contributed by atoms with Crippen LogP contribution >= 0.6 is 7.75 Å². The number of nitrogens with one attached hydrogen (secondary N) is 2. The number of esters is 1. The van der Waals surface area contributed by atoms with Gasteiger partial charge in [-0.25, -0.2) is 18.8 Å². The minimum Gasteiger partial charge on any atom is -0.456 e. The van der Waals surface area contributed by atoms with Crippen LogP contribution in [0.25, 0.3) is 0 Å². The van der Waals surface area contributed by atoms with Crippen LogP contribution in [0.3, 0.4) is 0 Å². The molecule has 2 aliphatic heterocycles. The number of benzene rings is 1. The number of ether oxygens (including phenoxy) is 4. The van der Waals surface area contributed by atoms with Gasteiger partial charge >= 0.3 is 19.4 Å². The van der Waals surface area contributed by atoms with Crippen LogP contribution in [0.1, 0.15) is 47.3 Å². The van der Waals surface area contributed by atoms with E-state index in [1.54, 1.807) is 37.3 Å². The summed E-state index contributed by atoms with van der Waals surface area (Å²) < 4.78 is 65.4. The maximum Gasteiger partial charge on any atom is 0.459 e. The van der Waals surface area contributed by atoms with Gasteiger partial charge in [-0.2, -0.15) is 0 Å². The molecule has 0 saturated carbocycles. The van der Waals surface area contributed by atoms with Crippen LogP contribution in [-0.2, 0) is 32.8 Å². The van der Waals surface area contributed by atoms with Gasteiger partial charge in [0.05, 0.1) is 24.9 Å². The molecule has 0 aliphatic carbocycles. The summed E-state index contributed by atoms with van der Waals surface area (Å²) >= 11 is 0. The van der Waals surface area contributed by atoms with Gasteiger partial charge in [-0.3, -0.25) is 23.7 Å². The van der Waals surface area contributed by atoms with Crippen LogP contribution in [0.2, 0.25) is 0 Å². The molecule has 2 N–H and O–H groups in total. The van der Waals surface area contributed by atoms with Gasteiger partial charge in [0.1, 0.15) is 11.9 Å². The van der Waals surface area contributed by atoms with E-state index >= 15 is 4.39 Å². The predicted octanol–water partition coefficient (Wildman–Crippen LogP) is 2.82. The van der Waals surface area contributed by atoms with Crippen LogP contribution in [0.15, 0.2) is 52.2 Å². The van der Waals surface area contributed by atoms with Crippen molar-refractivity contribution in [1.82, 2.24) is 14.6 Å². The maximum atomic E-state index is 16.2. The second-order valence-corrected chi connectivity index (χ2v) is 11.8. The molecule has 2 aliphatic rings. The van der Waals surface area contributed by atoms with E-state index in [0.29, 0.717) is 0 Å². The van der Waals surface area contributed by atoms with E-state index in [4.69, 9.17) is 28.0 Å². The van der Waals surface area contributed by atoms with Gasteiger partial charge in [0.25, 0.3) is 5.56 Å². The summed E-state index contributed by atoms with van der Waals surface area (Å²) in [7, 11) is -4.23. The van der Waals surface area contributed by atoms with Crippen molar-refractivity contribution in [2.24, 2.45) is 0 Å². The SMILES string of the molecule is CCC(=O)O[C@@H]1[C@@H](COP(=O)(N[C@@H](C)C2OC(C)C(C)O2)Oc2ccccc2)O[C@@H](n2ccc(=O)[nH]c2=O)[C@]1(C)F. The Morgan fingerprint density at radius 3 is 2.44 bits per heavy atom. The summed E-state index contributed by atoms with van der Waals surface area (Å²) in [6.07, 6.45) is -4.65. The molecule has 4 rings (SSSR count). The first-order chi connectivity index (χ1) is 19.3. The number of hydrogen-bond donors (Lipinski definition) is 2. The number of rotatable bonds is 11. The Morgan fingerprint density at radius 1 is 1.17 bits per heavy atom. The molecule has 1 aromatic carbocycles. The van der Waals surface area contributed by atoms with Gasteiger partial charge in [-0.15, -0.1) is 0 Å². The molecular weight excluding hydrogens is 564 g/mol. The number of para-hydroxylation sites is 1. The number of carbonyl (C=O) groups is 1. The predicted molar refractivity (Wildman–Crippen MR) is 143 cm³/mol. The molecule has 1 aromatic heterocycles. The summed E-state index contributed by atoms with van der Waals surface area (Å²) in [6, 6.07) is 8.61. The lowest BCUT2D eigenvalue weighted by molar-refractivity contribution is -0.157. The van der Waals surface area contributed by atoms with Crippen molar-refractivity contribution in [1.29, 1.82) is 0 Å². The standard InChI is InChI=1S/C26H35FN3O10P/c1-6-21(32)39-22-19(38-24(26(22,5)27)30-13-12-20(31)28-25(30)33)14-35-41(34,40-18-10-8-7-9-11-18)29-15(2)23-36-16(3)17(4)37-23/h7-13,15-17,19,22-24H,6,14H2,1-5H3,(H,29,34)(H,28,31,33)/t15-,16?,17?,19+,22+,23?,24+,26+,41?/m0/s1. The number of aromatic amines is 1. The molecule has 0 amide bonds. The van der Waals surface area contributed by atoms with Crippen molar-refractivity contribution >= 4 is 13.7 Å². The van der Waals surface area contributed by atoms with Crippen molar-refractivity contribution in [3.8, 4) is 5.75 Å². The third-order valence-corrected chi connectivity index (χ3v) is 8.50. The first kappa shape index (κ1) is 31.1. The fraction of sp³-hybridized carbons (Fsp3) is 0.577. The van der Waals surface area contributed by atoms with E-state index in [1.807, 2.05) is 18.8 Å².